The van der Waals surface area contributed by atoms with Gasteiger partial charge in [0.2, 0.25) is 0 Å². The van der Waals surface area contributed by atoms with Crippen LogP contribution < -0.4 is 10.2 Å². The zero-order valence-electron chi connectivity index (χ0n) is 15.3. The van der Waals surface area contributed by atoms with E-state index in [-0.39, 0.29) is 0 Å². The zero-order valence-corrected chi connectivity index (χ0v) is 15.3. The van der Waals surface area contributed by atoms with Crippen molar-refractivity contribution in [2.75, 3.05) is 36.5 Å². The molecule has 2 N–H and O–H groups in total. The molecule has 1 saturated carbocycles. The topological polar surface area (TPSA) is 79.0 Å². The van der Waals surface area contributed by atoms with Crippen molar-refractivity contribution >= 4 is 22.7 Å². The molecular formula is C20H24N6O. The molecule has 0 atom stereocenters. The van der Waals surface area contributed by atoms with Crippen molar-refractivity contribution < 1.29 is 4.74 Å². The monoisotopic (exact) mass is 364 g/mol. The van der Waals surface area contributed by atoms with Crippen LogP contribution in [-0.4, -0.2) is 52.3 Å². The van der Waals surface area contributed by atoms with Gasteiger partial charge in [0.25, 0.3) is 0 Å². The molecule has 27 heavy (non-hydrogen) atoms. The van der Waals surface area contributed by atoms with E-state index in [4.69, 9.17) is 9.72 Å². The van der Waals surface area contributed by atoms with Crippen LogP contribution in [0.2, 0.25) is 0 Å². The molecule has 0 amide bonds. The quantitative estimate of drug-likeness (QED) is 0.740. The van der Waals surface area contributed by atoms with Gasteiger partial charge in [-0.05, 0) is 25.0 Å². The summed E-state index contributed by atoms with van der Waals surface area (Å²) in [5, 5.41) is 4.69. The molecule has 0 unspecified atom stereocenters. The Hall–Kier alpha value is -2.67. The summed E-state index contributed by atoms with van der Waals surface area (Å²) in [4.78, 5) is 19.3. The summed E-state index contributed by atoms with van der Waals surface area (Å²) in [5.41, 5.74) is 2.89. The smallest absolute Gasteiger partial charge is 0.140 e. The first kappa shape index (κ1) is 16.5. The number of aromatic nitrogens is 4. The molecule has 1 aliphatic carbocycles. The minimum Gasteiger partial charge on any atom is -0.378 e. The lowest BCUT2D eigenvalue weighted by Crippen LogP contribution is -2.36. The Bertz CT molecular complexity index is 927. The number of hydrogen-bond acceptors (Lipinski definition) is 6. The third-order valence-electron chi connectivity index (χ3n) is 5.50. The average Bonchev–Trinajstić information content (AvgIpc) is 3.40. The van der Waals surface area contributed by atoms with Crippen LogP contribution in [0.15, 0.2) is 30.7 Å². The maximum atomic E-state index is 5.46. The number of nitrogens with one attached hydrogen (secondary N) is 2. The molecule has 3 aromatic rings. The van der Waals surface area contributed by atoms with E-state index in [1.54, 1.807) is 6.33 Å². The van der Waals surface area contributed by atoms with Crippen LogP contribution in [0, 0.1) is 0 Å². The summed E-state index contributed by atoms with van der Waals surface area (Å²) in [5.74, 6) is 1.87. The van der Waals surface area contributed by atoms with E-state index in [1.807, 2.05) is 6.20 Å². The fourth-order valence-electron chi connectivity index (χ4n) is 4.06. The highest BCUT2D eigenvalue weighted by molar-refractivity contribution is 5.94. The first-order valence-corrected chi connectivity index (χ1v) is 9.76. The van der Waals surface area contributed by atoms with Crippen LogP contribution in [0.25, 0.3) is 22.3 Å². The molecule has 140 valence electrons. The van der Waals surface area contributed by atoms with Crippen molar-refractivity contribution in [3.63, 3.8) is 0 Å². The largest absolute Gasteiger partial charge is 0.378 e. The van der Waals surface area contributed by atoms with Crippen molar-refractivity contribution in [2.45, 2.75) is 31.7 Å². The summed E-state index contributed by atoms with van der Waals surface area (Å²) in [6.45, 7) is 3.21. The van der Waals surface area contributed by atoms with E-state index in [1.165, 1.54) is 25.7 Å². The normalized spacial score (nSPS) is 18.3. The van der Waals surface area contributed by atoms with Gasteiger partial charge in [-0.15, -0.1) is 0 Å². The molecule has 5 rings (SSSR count). The molecule has 4 heterocycles. The van der Waals surface area contributed by atoms with Gasteiger partial charge in [0, 0.05) is 42.3 Å². The number of morpholine rings is 1. The second-order valence-electron chi connectivity index (χ2n) is 7.28. The maximum Gasteiger partial charge on any atom is 0.140 e. The lowest BCUT2D eigenvalue weighted by molar-refractivity contribution is 0.122. The van der Waals surface area contributed by atoms with Gasteiger partial charge in [0.15, 0.2) is 0 Å². The SMILES string of the molecule is c1nc(-c2cc(NC3CCCC3)nc3[nH]ccc23)cc(N2CCOCC2)n1. The van der Waals surface area contributed by atoms with Crippen molar-refractivity contribution in [3.8, 4) is 11.3 Å². The molecule has 0 aromatic carbocycles. The zero-order chi connectivity index (χ0) is 18.1. The number of aromatic amines is 1. The Kier molecular flexibility index (Phi) is 4.37. The number of ether oxygens (including phenoxy) is 1. The van der Waals surface area contributed by atoms with E-state index in [9.17, 15) is 0 Å². The number of fused-ring (bicyclic) bond motifs is 1. The van der Waals surface area contributed by atoms with Crippen molar-refractivity contribution in [1.29, 1.82) is 0 Å². The summed E-state index contributed by atoms with van der Waals surface area (Å²) in [6.07, 6.45) is 8.62. The second-order valence-corrected chi connectivity index (χ2v) is 7.28. The molecule has 0 spiro atoms. The number of H-pyrrole nitrogens is 1. The molecule has 7 heteroatoms. The number of hydrogen-bond donors (Lipinski definition) is 2. The highest BCUT2D eigenvalue weighted by Gasteiger charge is 2.18. The third-order valence-corrected chi connectivity index (χ3v) is 5.50. The number of nitrogens with zero attached hydrogens (tertiary/aromatic N) is 4. The van der Waals surface area contributed by atoms with Gasteiger partial charge in [-0.3, -0.25) is 0 Å². The van der Waals surface area contributed by atoms with Crippen molar-refractivity contribution in [1.82, 2.24) is 19.9 Å². The van der Waals surface area contributed by atoms with E-state index in [0.717, 1.165) is 60.2 Å². The van der Waals surface area contributed by atoms with Crippen LogP contribution in [-0.2, 0) is 4.74 Å². The van der Waals surface area contributed by atoms with E-state index >= 15 is 0 Å². The first-order chi connectivity index (χ1) is 13.4. The number of pyridine rings is 1. The molecule has 0 radical (unpaired) electrons. The Balaban J connectivity index is 1.52. The van der Waals surface area contributed by atoms with Gasteiger partial charge < -0.3 is 19.9 Å². The summed E-state index contributed by atoms with van der Waals surface area (Å²) >= 11 is 0. The van der Waals surface area contributed by atoms with E-state index < -0.39 is 0 Å². The predicted octanol–water partition coefficient (Wildman–Crippen LogP) is 3.21. The summed E-state index contributed by atoms with van der Waals surface area (Å²) < 4.78 is 5.46. The van der Waals surface area contributed by atoms with Gasteiger partial charge in [0.05, 0.1) is 18.9 Å². The minimum absolute atomic E-state index is 0.520. The number of anilines is 2. The minimum atomic E-state index is 0.520. The highest BCUT2D eigenvalue weighted by Crippen LogP contribution is 2.31. The maximum absolute atomic E-state index is 5.46. The van der Waals surface area contributed by atoms with Crippen molar-refractivity contribution in [3.05, 3.63) is 30.7 Å². The van der Waals surface area contributed by atoms with E-state index in [2.05, 4.69) is 43.4 Å². The Labute approximate surface area is 158 Å². The standard InChI is InChI=1S/C20H24N6O/c1-2-4-14(3-1)24-18-11-16(15-5-6-21-20(15)25-18)17-12-19(23-13-22-17)26-7-9-27-10-8-26/h5-6,11-14H,1-4,7-10H2,(H2,21,24,25). The fraction of sp³-hybridized carbons (Fsp3) is 0.450. The molecule has 3 aromatic heterocycles. The summed E-state index contributed by atoms with van der Waals surface area (Å²) in [6, 6.07) is 6.78. The van der Waals surface area contributed by atoms with Crippen LogP contribution in [0.4, 0.5) is 11.6 Å². The van der Waals surface area contributed by atoms with Crippen molar-refractivity contribution in [2.24, 2.45) is 0 Å². The molecule has 2 fully saturated rings. The fourth-order valence-corrected chi connectivity index (χ4v) is 4.06. The molecule has 1 saturated heterocycles. The van der Waals surface area contributed by atoms with Gasteiger partial charge >= 0.3 is 0 Å². The highest BCUT2D eigenvalue weighted by atomic mass is 16.5. The molecule has 1 aliphatic heterocycles. The van der Waals surface area contributed by atoms with Crippen LogP contribution in [0.5, 0.6) is 0 Å². The summed E-state index contributed by atoms with van der Waals surface area (Å²) in [7, 11) is 0. The second kappa shape index (κ2) is 7.15. The lowest BCUT2D eigenvalue weighted by Gasteiger charge is -2.27. The van der Waals surface area contributed by atoms with Crippen LogP contribution in [0.1, 0.15) is 25.7 Å². The third kappa shape index (κ3) is 3.35. The van der Waals surface area contributed by atoms with E-state index in [0.29, 0.717) is 6.04 Å². The van der Waals surface area contributed by atoms with Crippen LogP contribution in [0.3, 0.4) is 0 Å². The molecular weight excluding hydrogens is 340 g/mol. The predicted molar refractivity (Wildman–Crippen MR) is 106 cm³/mol. The molecule has 2 aliphatic rings. The van der Waals surface area contributed by atoms with Gasteiger partial charge in [-0.25, -0.2) is 15.0 Å². The molecule has 7 nitrogen and oxygen atoms in total. The average molecular weight is 364 g/mol. The Morgan fingerprint density at radius 3 is 2.81 bits per heavy atom. The Morgan fingerprint density at radius 2 is 1.96 bits per heavy atom. The van der Waals surface area contributed by atoms with Crippen LogP contribution >= 0.6 is 0 Å². The number of rotatable bonds is 4. The van der Waals surface area contributed by atoms with Gasteiger partial charge in [-0.2, -0.15) is 0 Å². The lowest BCUT2D eigenvalue weighted by atomic mass is 10.1. The Morgan fingerprint density at radius 1 is 1.11 bits per heavy atom. The van der Waals surface area contributed by atoms with Gasteiger partial charge in [-0.1, -0.05) is 12.8 Å². The first-order valence-electron chi connectivity index (χ1n) is 9.76. The van der Waals surface area contributed by atoms with Gasteiger partial charge in [0.1, 0.15) is 23.6 Å². The molecule has 0 bridgehead atoms.